The average molecular weight is 262 g/mol. The van der Waals surface area contributed by atoms with Crippen molar-refractivity contribution in [1.29, 1.82) is 0 Å². The van der Waals surface area contributed by atoms with E-state index in [-0.39, 0.29) is 12.7 Å². The van der Waals surface area contributed by atoms with Crippen molar-refractivity contribution in [3.8, 4) is 17.2 Å². The molecule has 1 aliphatic rings. The topological polar surface area (TPSA) is 107 Å². The van der Waals surface area contributed by atoms with Crippen LogP contribution in [0.15, 0.2) is 17.2 Å². The van der Waals surface area contributed by atoms with E-state index in [1.165, 1.54) is 0 Å². The Balaban J connectivity index is 1.79. The molecule has 3 rings (SSSR count). The highest BCUT2D eigenvalue weighted by Crippen LogP contribution is 2.41. The third-order valence-corrected chi connectivity index (χ3v) is 2.40. The van der Waals surface area contributed by atoms with Crippen molar-refractivity contribution in [2.24, 2.45) is 5.10 Å². The highest BCUT2D eigenvalue weighted by atomic mass is 16.7. The second-order valence-corrected chi connectivity index (χ2v) is 3.56. The molecule has 9 nitrogen and oxygen atoms in total. The van der Waals surface area contributed by atoms with Crippen molar-refractivity contribution < 1.29 is 14.2 Å². The molecule has 0 unspecified atom stereocenters. The van der Waals surface area contributed by atoms with Crippen LogP contribution in [0.5, 0.6) is 17.2 Å². The number of nitrogens with zero attached hydrogens (tertiary/aromatic N) is 4. The fourth-order valence-corrected chi connectivity index (χ4v) is 1.60. The number of hydrogen-bond acceptors (Lipinski definition) is 8. The second-order valence-electron chi connectivity index (χ2n) is 3.56. The van der Waals surface area contributed by atoms with E-state index < -0.39 is 0 Å². The maximum Gasteiger partial charge on any atom is 0.283 e. The Kier molecular flexibility index (Phi) is 2.85. The molecule has 0 saturated carbocycles. The van der Waals surface area contributed by atoms with E-state index in [9.17, 15) is 0 Å². The fourth-order valence-electron chi connectivity index (χ4n) is 1.60. The SMILES string of the molecule is COc1cc(/C=N/Nc2nn[nH]n2)cc2c1OCO2. The maximum atomic E-state index is 5.31. The van der Waals surface area contributed by atoms with Gasteiger partial charge >= 0.3 is 0 Å². The predicted molar refractivity (Wildman–Crippen MR) is 64.5 cm³/mol. The standard InChI is InChI=1S/C10H10N6O3/c1-17-7-2-6(3-8-9(7)19-5-18-8)4-11-12-10-13-15-16-14-10/h2-4H,5H2,1H3,(H2,12,13,14,15,16)/b11-4+. The van der Waals surface area contributed by atoms with E-state index in [1.807, 2.05) is 0 Å². The first-order valence-electron chi connectivity index (χ1n) is 5.37. The number of anilines is 1. The first-order valence-corrected chi connectivity index (χ1v) is 5.37. The van der Waals surface area contributed by atoms with Gasteiger partial charge in [-0.3, -0.25) is 0 Å². The molecule has 19 heavy (non-hydrogen) atoms. The molecular weight excluding hydrogens is 252 g/mol. The van der Waals surface area contributed by atoms with Gasteiger partial charge in [-0.15, -0.1) is 5.10 Å². The third-order valence-electron chi connectivity index (χ3n) is 2.40. The van der Waals surface area contributed by atoms with E-state index in [2.05, 4.69) is 31.2 Å². The molecule has 1 aromatic carbocycles. The zero-order chi connectivity index (χ0) is 13.1. The van der Waals surface area contributed by atoms with Gasteiger partial charge in [0.25, 0.3) is 5.95 Å². The van der Waals surface area contributed by atoms with Crippen LogP contribution in [-0.4, -0.2) is 40.7 Å². The van der Waals surface area contributed by atoms with Gasteiger partial charge in [-0.1, -0.05) is 5.10 Å². The number of H-pyrrole nitrogens is 1. The van der Waals surface area contributed by atoms with Gasteiger partial charge in [0.15, 0.2) is 11.5 Å². The number of benzene rings is 1. The van der Waals surface area contributed by atoms with Crippen molar-refractivity contribution >= 4 is 12.2 Å². The smallest absolute Gasteiger partial charge is 0.283 e. The molecule has 0 atom stereocenters. The van der Waals surface area contributed by atoms with Crippen LogP contribution >= 0.6 is 0 Å². The molecule has 2 heterocycles. The molecule has 0 fully saturated rings. The number of tetrazole rings is 1. The molecule has 0 amide bonds. The summed E-state index contributed by atoms with van der Waals surface area (Å²) < 4.78 is 15.8. The summed E-state index contributed by atoms with van der Waals surface area (Å²) in [6.07, 6.45) is 1.58. The highest BCUT2D eigenvalue weighted by molar-refractivity contribution is 5.83. The van der Waals surface area contributed by atoms with Crippen LogP contribution in [0.1, 0.15) is 5.56 Å². The average Bonchev–Trinajstić information content (AvgIpc) is 3.08. The summed E-state index contributed by atoms with van der Waals surface area (Å²) in [6.45, 7) is 0.188. The minimum Gasteiger partial charge on any atom is -0.493 e. The Morgan fingerprint density at radius 3 is 3.21 bits per heavy atom. The summed E-state index contributed by atoms with van der Waals surface area (Å²) in [7, 11) is 1.57. The van der Waals surface area contributed by atoms with Crippen molar-refractivity contribution in [2.45, 2.75) is 0 Å². The lowest BCUT2D eigenvalue weighted by atomic mass is 10.2. The number of ether oxygens (including phenoxy) is 3. The first-order chi connectivity index (χ1) is 9.36. The van der Waals surface area contributed by atoms with Gasteiger partial charge < -0.3 is 14.2 Å². The summed E-state index contributed by atoms with van der Waals surface area (Å²) in [5.74, 6) is 2.10. The van der Waals surface area contributed by atoms with Gasteiger partial charge in [0.1, 0.15) is 0 Å². The van der Waals surface area contributed by atoms with Crippen LogP contribution < -0.4 is 19.6 Å². The minimum atomic E-state index is 0.188. The van der Waals surface area contributed by atoms with Gasteiger partial charge in [-0.05, 0) is 17.3 Å². The molecule has 1 aromatic heterocycles. The molecule has 1 aliphatic heterocycles. The second kappa shape index (κ2) is 4.80. The quantitative estimate of drug-likeness (QED) is 0.606. The minimum absolute atomic E-state index is 0.188. The van der Waals surface area contributed by atoms with Gasteiger partial charge in [0.2, 0.25) is 12.5 Å². The molecule has 0 spiro atoms. The summed E-state index contributed by atoms with van der Waals surface area (Å²) in [5.41, 5.74) is 3.41. The van der Waals surface area contributed by atoms with E-state index in [4.69, 9.17) is 14.2 Å². The Morgan fingerprint density at radius 1 is 1.47 bits per heavy atom. The number of methoxy groups -OCH3 is 1. The molecule has 98 valence electrons. The molecule has 2 aromatic rings. The lowest BCUT2D eigenvalue weighted by Gasteiger charge is -2.05. The summed E-state index contributed by atoms with van der Waals surface area (Å²) in [6, 6.07) is 3.58. The third kappa shape index (κ3) is 2.25. The monoisotopic (exact) mass is 262 g/mol. The Labute approximate surface area is 107 Å². The summed E-state index contributed by atoms with van der Waals surface area (Å²) in [4.78, 5) is 0. The Hall–Kier alpha value is -2.84. The number of hydrogen-bond donors (Lipinski definition) is 2. The lowest BCUT2D eigenvalue weighted by Crippen LogP contribution is -1.94. The molecule has 0 saturated heterocycles. The van der Waals surface area contributed by atoms with E-state index >= 15 is 0 Å². The number of aromatic nitrogens is 4. The largest absolute Gasteiger partial charge is 0.493 e. The van der Waals surface area contributed by atoms with Gasteiger partial charge in [0.05, 0.1) is 13.3 Å². The fraction of sp³-hybridized carbons (Fsp3) is 0.200. The van der Waals surface area contributed by atoms with Crippen LogP contribution in [0.3, 0.4) is 0 Å². The predicted octanol–water partition coefficient (Wildman–Crippen LogP) is 0.383. The Morgan fingerprint density at radius 2 is 2.42 bits per heavy atom. The molecule has 0 aliphatic carbocycles. The van der Waals surface area contributed by atoms with Gasteiger partial charge in [-0.2, -0.15) is 10.3 Å². The van der Waals surface area contributed by atoms with Crippen LogP contribution in [0.25, 0.3) is 0 Å². The first kappa shape index (κ1) is 11.3. The number of fused-ring (bicyclic) bond motifs is 1. The van der Waals surface area contributed by atoms with Crippen molar-refractivity contribution in [1.82, 2.24) is 20.6 Å². The molecule has 9 heteroatoms. The van der Waals surface area contributed by atoms with Crippen molar-refractivity contribution in [3.63, 3.8) is 0 Å². The lowest BCUT2D eigenvalue weighted by molar-refractivity contribution is 0.171. The number of rotatable bonds is 4. The zero-order valence-corrected chi connectivity index (χ0v) is 9.95. The molecular formula is C10H10N6O3. The number of aromatic amines is 1. The van der Waals surface area contributed by atoms with E-state index in [1.54, 1.807) is 25.5 Å². The van der Waals surface area contributed by atoms with Crippen LogP contribution in [0, 0.1) is 0 Å². The Bertz CT molecular complexity index is 598. The maximum absolute atomic E-state index is 5.31. The summed E-state index contributed by atoms with van der Waals surface area (Å²) in [5, 5.41) is 17.1. The van der Waals surface area contributed by atoms with Crippen LogP contribution in [0.4, 0.5) is 5.95 Å². The van der Waals surface area contributed by atoms with Crippen molar-refractivity contribution in [2.75, 3.05) is 19.3 Å². The van der Waals surface area contributed by atoms with Gasteiger partial charge in [-0.25, -0.2) is 5.43 Å². The highest BCUT2D eigenvalue weighted by Gasteiger charge is 2.19. The van der Waals surface area contributed by atoms with E-state index in [0.717, 1.165) is 5.56 Å². The van der Waals surface area contributed by atoms with E-state index in [0.29, 0.717) is 17.2 Å². The normalized spacial score (nSPS) is 12.9. The van der Waals surface area contributed by atoms with Crippen LogP contribution in [0.2, 0.25) is 0 Å². The zero-order valence-electron chi connectivity index (χ0n) is 9.95. The number of hydrazone groups is 1. The molecule has 2 N–H and O–H groups in total. The van der Waals surface area contributed by atoms with Gasteiger partial charge in [0, 0.05) is 5.56 Å². The molecule has 0 bridgehead atoms. The summed E-state index contributed by atoms with van der Waals surface area (Å²) >= 11 is 0. The van der Waals surface area contributed by atoms with Crippen LogP contribution in [-0.2, 0) is 0 Å². The number of nitrogens with one attached hydrogen (secondary N) is 2. The van der Waals surface area contributed by atoms with Crippen molar-refractivity contribution in [3.05, 3.63) is 17.7 Å². The molecule has 0 radical (unpaired) electrons.